The number of esters is 1. The number of carbonyl (C=O) groups is 1. The van der Waals surface area contributed by atoms with Crippen LogP contribution in [0.4, 0.5) is 0 Å². The van der Waals surface area contributed by atoms with Crippen LogP contribution in [-0.2, 0) is 16.1 Å². The summed E-state index contributed by atoms with van der Waals surface area (Å²) in [5.41, 5.74) is 0.998. The summed E-state index contributed by atoms with van der Waals surface area (Å²) in [6.07, 6.45) is 6.60. The Kier molecular flexibility index (Phi) is 5.47. The van der Waals surface area contributed by atoms with Gasteiger partial charge in [0.1, 0.15) is 0 Å². The van der Waals surface area contributed by atoms with Gasteiger partial charge in [-0.2, -0.15) is 0 Å². The standard InChI is InChI=1S/C14H16N2O3/c1-11(9-13(17)19-3)5-6-12(2)10-16-8-4-7-15-14(16)18/h4-8H,1-2,9-10H2,3H3/b6-5-. The van der Waals surface area contributed by atoms with E-state index in [2.05, 4.69) is 22.9 Å². The van der Waals surface area contributed by atoms with Gasteiger partial charge in [-0.25, -0.2) is 9.78 Å². The first-order chi connectivity index (χ1) is 9.02. The Bertz CT molecular complexity index is 570. The summed E-state index contributed by atoms with van der Waals surface area (Å²) in [6.45, 7) is 7.90. The average molecular weight is 260 g/mol. The first-order valence-corrected chi connectivity index (χ1v) is 5.65. The fourth-order valence-corrected chi connectivity index (χ4v) is 1.33. The highest BCUT2D eigenvalue weighted by atomic mass is 16.5. The summed E-state index contributed by atoms with van der Waals surface area (Å²) < 4.78 is 5.97. The van der Waals surface area contributed by atoms with E-state index in [1.165, 1.54) is 17.9 Å². The monoisotopic (exact) mass is 260 g/mol. The second kappa shape index (κ2) is 7.10. The van der Waals surface area contributed by atoms with Gasteiger partial charge in [0.15, 0.2) is 0 Å². The van der Waals surface area contributed by atoms with Crippen molar-refractivity contribution in [2.75, 3.05) is 7.11 Å². The summed E-state index contributed by atoms with van der Waals surface area (Å²) in [5.74, 6) is -0.344. The minimum absolute atomic E-state index is 0.132. The second-order valence-electron chi connectivity index (χ2n) is 3.93. The molecule has 5 heteroatoms. The molecule has 0 N–H and O–H groups in total. The molecule has 0 amide bonds. The minimum Gasteiger partial charge on any atom is -0.469 e. The molecule has 0 saturated carbocycles. The van der Waals surface area contributed by atoms with E-state index in [4.69, 9.17) is 0 Å². The molecule has 0 spiro atoms. The van der Waals surface area contributed by atoms with Crippen molar-refractivity contribution in [2.45, 2.75) is 13.0 Å². The van der Waals surface area contributed by atoms with E-state index in [1.54, 1.807) is 24.4 Å². The van der Waals surface area contributed by atoms with Gasteiger partial charge in [0.2, 0.25) is 0 Å². The average Bonchev–Trinajstić information content (AvgIpc) is 2.39. The van der Waals surface area contributed by atoms with E-state index in [9.17, 15) is 9.59 Å². The lowest BCUT2D eigenvalue weighted by Gasteiger charge is -2.04. The van der Waals surface area contributed by atoms with Gasteiger partial charge in [0, 0.05) is 12.4 Å². The lowest BCUT2D eigenvalue weighted by Crippen LogP contribution is -2.21. The summed E-state index contributed by atoms with van der Waals surface area (Å²) in [4.78, 5) is 26.0. The molecule has 100 valence electrons. The molecule has 1 heterocycles. The van der Waals surface area contributed by atoms with Gasteiger partial charge in [-0.15, -0.1) is 0 Å². The summed E-state index contributed by atoms with van der Waals surface area (Å²) in [5, 5.41) is 0. The molecule has 0 bridgehead atoms. The van der Waals surface area contributed by atoms with Crippen molar-refractivity contribution in [2.24, 2.45) is 0 Å². The minimum atomic E-state index is -0.344. The molecule has 0 aliphatic heterocycles. The highest BCUT2D eigenvalue weighted by molar-refractivity contribution is 5.72. The fourth-order valence-electron chi connectivity index (χ4n) is 1.33. The Morgan fingerprint density at radius 3 is 2.74 bits per heavy atom. The molecule has 1 aromatic rings. The van der Waals surface area contributed by atoms with Crippen molar-refractivity contribution in [3.8, 4) is 0 Å². The number of ether oxygens (including phenoxy) is 1. The fraction of sp³-hybridized carbons (Fsp3) is 0.214. The van der Waals surface area contributed by atoms with E-state index < -0.39 is 0 Å². The van der Waals surface area contributed by atoms with Gasteiger partial charge in [-0.3, -0.25) is 9.36 Å². The molecule has 1 rings (SSSR count). The maximum absolute atomic E-state index is 11.4. The Hall–Kier alpha value is -2.43. The third-order valence-corrected chi connectivity index (χ3v) is 2.31. The molecule has 19 heavy (non-hydrogen) atoms. The maximum Gasteiger partial charge on any atom is 0.347 e. The molecule has 0 radical (unpaired) electrons. The van der Waals surface area contributed by atoms with Gasteiger partial charge < -0.3 is 4.74 Å². The van der Waals surface area contributed by atoms with Gasteiger partial charge in [-0.1, -0.05) is 25.3 Å². The number of allylic oxidation sites excluding steroid dienone is 3. The number of methoxy groups -OCH3 is 1. The quantitative estimate of drug-likeness (QED) is 0.574. The summed E-state index contributed by atoms with van der Waals surface area (Å²) in [6, 6.07) is 1.68. The van der Waals surface area contributed by atoms with Crippen LogP contribution in [0.25, 0.3) is 0 Å². The molecule has 0 fully saturated rings. The van der Waals surface area contributed by atoms with E-state index in [0.29, 0.717) is 17.7 Å². The lowest BCUT2D eigenvalue weighted by molar-refractivity contribution is -0.139. The van der Waals surface area contributed by atoms with Crippen LogP contribution in [0.3, 0.4) is 0 Å². The first kappa shape index (κ1) is 14.6. The number of hydrogen-bond acceptors (Lipinski definition) is 4. The molecule has 0 aliphatic rings. The largest absolute Gasteiger partial charge is 0.469 e. The van der Waals surface area contributed by atoms with Crippen molar-refractivity contribution in [1.82, 2.24) is 9.55 Å². The number of carbonyl (C=O) groups excluding carboxylic acids is 1. The Morgan fingerprint density at radius 2 is 2.11 bits per heavy atom. The van der Waals surface area contributed by atoms with Crippen molar-refractivity contribution >= 4 is 5.97 Å². The van der Waals surface area contributed by atoms with Crippen LogP contribution in [0.15, 0.2) is 59.7 Å². The molecule has 1 aromatic heterocycles. The van der Waals surface area contributed by atoms with Crippen LogP contribution in [0.1, 0.15) is 6.42 Å². The lowest BCUT2D eigenvalue weighted by atomic mass is 10.1. The van der Waals surface area contributed by atoms with Gasteiger partial charge in [-0.05, 0) is 17.2 Å². The number of rotatable bonds is 6. The van der Waals surface area contributed by atoms with Gasteiger partial charge in [0.05, 0.1) is 20.1 Å². The molecule has 0 unspecified atom stereocenters. The third kappa shape index (κ3) is 5.16. The normalized spacial score (nSPS) is 10.4. The van der Waals surface area contributed by atoms with Crippen LogP contribution in [0.5, 0.6) is 0 Å². The molecule has 0 aromatic carbocycles. The predicted molar refractivity (Wildman–Crippen MR) is 72.6 cm³/mol. The van der Waals surface area contributed by atoms with Crippen LogP contribution in [0.2, 0.25) is 0 Å². The highest BCUT2D eigenvalue weighted by Gasteiger charge is 2.01. The van der Waals surface area contributed by atoms with E-state index >= 15 is 0 Å². The molecule has 5 nitrogen and oxygen atoms in total. The molecular formula is C14H16N2O3. The topological polar surface area (TPSA) is 61.2 Å². The predicted octanol–water partition coefficient (Wildman–Crippen LogP) is 1.47. The zero-order valence-corrected chi connectivity index (χ0v) is 10.8. The Morgan fingerprint density at radius 1 is 1.42 bits per heavy atom. The molecule has 0 saturated heterocycles. The maximum atomic E-state index is 11.4. The number of hydrogen-bond donors (Lipinski definition) is 0. The van der Waals surface area contributed by atoms with Crippen LogP contribution >= 0.6 is 0 Å². The second-order valence-corrected chi connectivity index (χ2v) is 3.93. The summed E-state index contributed by atoms with van der Waals surface area (Å²) >= 11 is 0. The molecule has 0 aliphatic carbocycles. The summed E-state index contributed by atoms with van der Waals surface area (Å²) in [7, 11) is 1.33. The van der Waals surface area contributed by atoms with Crippen molar-refractivity contribution < 1.29 is 9.53 Å². The molecule has 0 atom stereocenters. The first-order valence-electron chi connectivity index (χ1n) is 5.65. The third-order valence-electron chi connectivity index (χ3n) is 2.31. The SMILES string of the molecule is C=C(/C=C\C(=C)Cn1cccnc1=O)CC(=O)OC. The van der Waals surface area contributed by atoms with Crippen LogP contribution in [0, 0.1) is 0 Å². The smallest absolute Gasteiger partial charge is 0.347 e. The molecular weight excluding hydrogens is 244 g/mol. The van der Waals surface area contributed by atoms with Crippen molar-refractivity contribution in [1.29, 1.82) is 0 Å². The number of nitrogens with zero attached hydrogens (tertiary/aromatic N) is 2. The Balaban J connectivity index is 2.56. The van der Waals surface area contributed by atoms with Crippen molar-refractivity contribution in [3.05, 3.63) is 65.4 Å². The van der Waals surface area contributed by atoms with E-state index in [0.717, 1.165) is 0 Å². The van der Waals surface area contributed by atoms with E-state index in [1.807, 2.05) is 0 Å². The van der Waals surface area contributed by atoms with E-state index in [-0.39, 0.29) is 18.1 Å². The van der Waals surface area contributed by atoms with Gasteiger partial charge >= 0.3 is 11.7 Å². The number of aromatic nitrogens is 2. The van der Waals surface area contributed by atoms with Crippen molar-refractivity contribution in [3.63, 3.8) is 0 Å². The van der Waals surface area contributed by atoms with Crippen LogP contribution in [-0.4, -0.2) is 22.6 Å². The zero-order chi connectivity index (χ0) is 14.3. The Labute approximate surface area is 111 Å². The van der Waals surface area contributed by atoms with Gasteiger partial charge in [0.25, 0.3) is 0 Å². The zero-order valence-electron chi connectivity index (χ0n) is 10.8. The van der Waals surface area contributed by atoms with Crippen LogP contribution < -0.4 is 5.69 Å². The highest BCUT2D eigenvalue weighted by Crippen LogP contribution is 2.05.